The van der Waals surface area contributed by atoms with Crippen molar-refractivity contribution in [3.8, 4) is 0 Å². The summed E-state index contributed by atoms with van der Waals surface area (Å²) in [5, 5.41) is 2.49. The minimum atomic E-state index is -0.843. The fourth-order valence-electron chi connectivity index (χ4n) is 2.39. The number of hydrogen-bond acceptors (Lipinski definition) is 5. The zero-order valence-electron chi connectivity index (χ0n) is 17.4. The van der Waals surface area contributed by atoms with E-state index in [1.807, 2.05) is 0 Å². The first-order chi connectivity index (χ1) is 13.4. The van der Waals surface area contributed by atoms with Crippen molar-refractivity contribution in [3.63, 3.8) is 0 Å². The molecule has 0 radical (unpaired) electrons. The highest BCUT2D eigenvalue weighted by Gasteiger charge is 2.21. The summed E-state index contributed by atoms with van der Waals surface area (Å²) in [7, 11) is 0. The highest BCUT2D eigenvalue weighted by atomic mass is 19.1. The smallest absolute Gasteiger partial charge is 0.407 e. The predicted octanol–water partition coefficient (Wildman–Crippen LogP) is 2.73. The van der Waals surface area contributed by atoms with Crippen LogP contribution in [0.5, 0.6) is 0 Å². The van der Waals surface area contributed by atoms with Gasteiger partial charge in [-0.2, -0.15) is 0 Å². The summed E-state index contributed by atoms with van der Waals surface area (Å²) in [5.74, 6) is -2.74. The van der Waals surface area contributed by atoms with Crippen LogP contribution in [0.4, 0.5) is 13.6 Å². The molecule has 1 N–H and O–H groups in total. The first kappa shape index (κ1) is 24.3. The maximum absolute atomic E-state index is 14.0. The van der Waals surface area contributed by atoms with Crippen molar-refractivity contribution in [1.82, 2.24) is 10.2 Å². The number of ether oxygens (including phenoxy) is 2. The zero-order chi connectivity index (χ0) is 22.2. The van der Waals surface area contributed by atoms with E-state index in [-0.39, 0.29) is 43.8 Å². The maximum Gasteiger partial charge on any atom is 0.407 e. The van der Waals surface area contributed by atoms with Gasteiger partial charge in [0.25, 0.3) is 0 Å². The number of rotatable bonds is 8. The summed E-state index contributed by atoms with van der Waals surface area (Å²) in [5.41, 5.74) is -0.455. The summed E-state index contributed by atoms with van der Waals surface area (Å²) >= 11 is 0. The second-order valence-corrected chi connectivity index (χ2v) is 7.42. The molecule has 0 aliphatic heterocycles. The van der Waals surface area contributed by atoms with Crippen LogP contribution in [0.3, 0.4) is 0 Å². The minimum Gasteiger partial charge on any atom is -0.465 e. The summed E-state index contributed by atoms with van der Waals surface area (Å²) in [4.78, 5) is 37.3. The van der Waals surface area contributed by atoms with Crippen LogP contribution in [-0.2, 0) is 25.5 Å². The van der Waals surface area contributed by atoms with Gasteiger partial charge in [0.1, 0.15) is 23.8 Å². The van der Waals surface area contributed by atoms with Gasteiger partial charge in [0.05, 0.1) is 13.0 Å². The van der Waals surface area contributed by atoms with E-state index in [4.69, 9.17) is 9.47 Å². The average molecular weight is 414 g/mol. The van der Waals surface area contributed by atoms with Crippen LogP contribution < -0.4 is 5.32 Å². The SMILES string of the molecule is CCOC(=O)CN(CCNC(=O)OC(C)(C)C)C(=O)Cc1cc(C)c(F)cc1F. The molecule has 29 heavy (non-hydrogen) atoms. The third-order valence-electron chi connectivity index (χ3n) is 3.70. The predicted molar refractivity (Wildman–Crippen MR) is 102 cm³/mol. The van der Waals surface area contributed by atoms with Gasteiger partial charge in [0.15, 0.2) is 0 Å². The maximum atomic E-state index is 14.0. The van der Waals surface area contributed by atoms with Gasteiger partial charge in [-0.3, -0.25) is 9.59 Å². The van der Waals surface area contributed by atoms with E-state index in [9.17, 15) is 23.2 Å². The molecule has 0 spiro atoms. The fourth-order valence-corrected chi connectivity index (χ4v) is 2.39. The standard InChI is InChI=1S/C20H28F2N2O5/c1-6-28-18(26)12-24(8-7-23-19(27)29-20(3,4)5)17(25)10-14-9-13(2)15(21)11-16(14)22/h9,11H,6-8,10,12H2,1-5H3,(H,23,27). The van der Waals surface area contributed by atoms with Gasteiger partial charge in [-0.25, -0.2) is 13.6 Å². The molecule has 0 heterocycles. The number of halogens is 2. The number of aryl methyl sites for hydroxylation is 1. The lowest BCUT2D eigenvalue weighted by Gasteiger charge is -2.23. The van der Waals surface area contributed by atoms with Crippen LogP contribution >= 0.6 is 0 Å². The van der Waals surface area contributed by atoms with Crippen molar-refractivity contribution < 1.29 is 32.6 Å². The van der Waals surface area contributed by atoms with Gasteiger partial charge in [-0.15, -0.1) is 0 Å². The van der Waals surface area contributed by atoms with E-state index in [2.05, 4.69) is 5.32 Å². The van der Waals surface area contributed by atoms with Crippen LogP contribution in [0, 0.1) is 18.6 Å². The average Bonchev–Trinajstić information content (AvgIpc) is 2.57. The Balaban J connectivity index is 2.80. The normalized spacial score (nSPS) is 11.0. The Bertz CT molecular complexity index is 747. The van der Waals surface area contributed by atoms with E-state index in [1.165, 1.54) is 13.0 Å². The third-order valence-corrected chi connectivity index (χ3v) is 3.70. The molecule has 7 nitrogen and oxygen atoms in total. The molecular formula is C20H28F2N2O5. The number of benzene rings is 1. The molecule has 0 unspecified atom stereocenters. The lowest BCUT2D eigenvalue weighted by Crippen LogP contribution is -2.43. The second kappa shape index (κ2) is 10.7. The first-order valence-corrected chi connectivity index (χ1v) is 9.27. The second-order valence-electron chi connectivity index (χ2n) is 7.42. The number of nitrogens with one attached hydrogen (secondary N) is 1. The molecule has 0 saturated carbocycles. The van der Waals surface area contributed by atoms with Gasteiger partial charge in [-0.05, 0) is 51.8 Å². The van der Waals surface area contributed by atoms with Crippen LogP contribution in [0.2, 0.25) is 0 Å². The fraction of sp³-hybridized carbons (Fsp3) is 0.550. The number of hydrogen-bond donors (Lipinski definition) is 1. The van der Waals surface area contributed by atoms with Gasteiger partial charge in [-0.1, -0.05) is 0 Å². The molecule has 1 aromatic carbocycles. The Morgan fingerprint density at radius 2 is 1.79 bits per heavy atom. The number of carbonyl (C=O) groups excluding carboxylic acids is 3. The molecule has 0 aromatic heterocycles. The van der Waals surface area contributed by atoms with Crippen LogP contribution in [0.1, 0.15) is 38.8 Å². The molecule has 0 saturated heterocycles. The van der Waals surface area contributed by atoms with Crippen LogP contribution in [-0.4, -0.2) is 54.7 Å². The van der Waals surface area contributed by atoms with Crippen LogP contribution in [0.25, 0.3) is 0 Å². The monoisotopic (exact) mass is 414 g/mol. The molecule has 0 aliphatic rings. The lowest BCUT2D eigenvalue weighted by atomic mass is 10.1. The molecule has 162 valence electrons. The Morgan fingerprint density at radius 1 is 1.14 bits per heavy atom. The Kier molecular flexibility index (Phi) is 9.00. The number of amides is 2. The molecule has 0 fully saturated rings. The summed E-state index contributed by atoms with van der Waals surface area (Å²) in [6.07, 6.45) is -1.03. The van der Waals surface area contributed by atoms with Crippen molar-refractivity contribution >= 4 is 18.0 Å². The molecule has 0 aliphatic carbocycles. The van der Waals surface area contributed by atoms with E-state index >= 15 is 0 Å². The molecule has 2 amide bonds. The van der Waals surface area contributed by atoms with Gasteiger partial charge >= 0.3 is 12.1 Å². The molecule has 0 bridgehead atoms. The highest BCUT2D eigenvalue weighted by molar-refractivity contribution is 5.83. The molecule has 1 rings (SSSR count). The van der Waals surface area contributed by atoms with Crippen molar-refractivity contribution in [1.29, 1.82) is 0 Å². The van der Waals surface area contributed by atoms with E-state index in [1.54, 1.807) is 27.7 Å². The summed E-state index contributed by atoms with van der Waals surface area (Å²) in [6.45, 7) is 8.01. The molecule has 0 atom stereocenters. The Morgan fingerprint density at radius 3 is 2.38 bits per heavy atom. The van der Waals surface area contributed by atoms with E-state index in [0.29, 0.717) is 0 Å². The summed E-state index contributed by atoms with van der Waals surface area (Å²) < 4.78 is 37.4. The van der Waals surface area contributed by atoms with Gasteiger partial charge in [0, 0.05) is 19.2 Å². The summed E-state index contributed by atoms with van der Waals surface area (Å²) in [6, 6.07) is 1.97. The Hall–Kier alpha value is -2.71. The Labute approximate surface area is 169 Å². The van der Waals surface area contributed by atoms with Crippen molar-refractivity contribution in [3.05, 3.63) is 34.9 Å². The van der Waals surface area contributed by atoms with E-state index < -0.39 is 35.2 Å². The lowest BCUT2D eigenvalue weighted by molar-refractivity contribution is -0.148. The quantitative estimate of drug-likeness (QED) is 0.661. The molecule has 9 heteroatoms. The zero-order valence-corrected chi connectivity index (χ0v) is 17.4. The number of esters is 1. The number of alkyl carbamates (subject to hydrolysis) is 1. The largest absolute Gasteiger partial charge is 0.465 e. The number of nitrogens with zero attached hydrogens (tertiary/aromatic N) is 1. The van der Waals surface area contributed by atoms with Crippen molar-refractivity contribution in [2.24, 2.45) is 0 Å². The topological polar surface area (TPSA) is 84.9 Å². The highest BCUT2D eigenvalue weighted by Crippen LogP contribution is 2.15. The van der Waals surface area contributed by atoms with Gasteiger partial charge in [0.2, 0.25) is 5.91 Å². The van der Waals surface area contributed by atoms with Crippen molar-refractivity contribution in [2.75, 3.05) is 26.2 Å². The van der Waals surface area contributed by atoms with Crippen molar-refractivity contribution in [2.45, 2.75) is 46.6 Å². The molecule has 1 aromatic rings. The third kappa shape index (κ3) is 8.89. The van der Waals surface area contributed by atoms with Crippen LogP contribution in [0.15, 0.2) is 12.1 Å². The minimum absolute atomic E-state index is 0.0152. The number of carbonyl (C=O) groups is 3. The first-order valence-electron chi connectivity index (χ1n) is 9.27. The molecular weight excluding hydrogens is 386 g/mol. The van der Waals surface area contributed by atoms with E-state index in [0.717, 1.165) is 11.0 Å². The van der Waals surface area contributed by atoms with Gasteiger partial charge < -0.3 is 19.7 Å².